The maximum Gasteiger partial charge on any atom is 0.226 e. The third-order valence-corrected chi connectivity index (χ3v) is 3.81. The van der Waals surface area contributed by atoms with Crippen LogP contribution in [0.15, 0.2) is 18.2 Å². The first-order valence-electron chi connectivity index (χ1n) is 8.19. The summed E-state index contributed by atoms with van der Waals surface area (Å²) in [6.07, 6.45) is 3.01. The molecule has 0 saturated heterocycles. The summed E-state index contributed by atoms with van der Waals surface area (Å²) in [6, 6.07) is 6.13. The van der Waals surface area contributed by atoms with Gasteiger partial charge in [0.1, 0.15) is 0 Å². The Morgan fingerprint density at radius 2 is 1.64 bits per heavy atom. The maximum atomic E-state index is 12.2. The predicted octanol–water partition coefficient (Wildman–Crippen LogP) is 3.40. The number of hydrogen-bond donors (Lipinski definition) is 1. The van der Waals surface area contributed by atoms with E-state index in [9.17, 15) is 9.59 Å². The van der Waals surface area contributed by atoms with Crippen LogP contribution in [-0.2, 0) is 22.4 Å². The standard InChI is InChI=1S/C18H28N2O2/c1-5-12-20(14(4)21)13-11-17(22)19-18-15(6-2)9-8-10-16(18)7-3/h8-10H,5-7,11-13H2,1-4H3,(H,19,22). The summed E-state index contributed by atoms with van der Waals surface area (Å²) >= 11 is 0. The number of carbonyl (C=O) groups is 2. The third kappa shape index (κ3) is 5.17. The molecule has 0 atom stereocenters. The number of hydrogen-bond acceptors (Lipinski definition) is 2. The van der Waals surface area contributed by atoms with Crippen LogP contribution in [0, 0.1) is 0 Å². The molecule has 2 amide bonds. The molecule has 4 nitrogen and oxygen atoms in total. The minimum Gasteiger partial charge on any atom is -0.342 e. The van der Waals surface area contributed by atoms with Gasteiger partial charge in [0.15, 0.2) is 0 Å². The summed E-state index contributed by atoms with van der Waals surface area (Å²) in [6.45, 7) is 8.93. The summed E-state index contributed by atoms with van der Waals surface area (Å²) < 4.78 is 0. The van der Waals surface area contributed by atoms with Gasteiger partial charge in [-0.25, -0.2) is 0 Å². The van der Waals surface area contributed by atoms with E-state index in [2.05, 4.69) is 19.2 Å². The van der Waals surface area contributed by atoms with Crippen molar-refractivity contribution >= 4 is 17.5 Å². The fourth-order valence-corrected chi connectivity index (χ4v) is 2.54. The van der Waals surface area contributed by atoms with Crippen molar-refractivity contribution in [3.8, 4) is 0 Å². The number of benzene rings is 1. The molecule has 1 aromatic carbocycles. The Morgan fingerprint density at radius 1 is 1.05 bits per heavy atom. The molecule has 4 heteroatoms. The van der Waals surface area contributed by atoms with Gasteiger partial charge >= 0.3 is 0 Å². The molecular weight excluding hydrogens is 276 g/mol. The number of anilines is 1. The minimum absolute atomic E-state index is 0.0258. The lowest BCUT2D eigenvalue weighted by molar-refractivity contribution is -0.129. The lowest BCUT2D eigenvalue weighted by Gasteiger charge is -2.20. The molecule has 0 spiro atoms. The van der Waals surface area contributed by atoms with E-state index < -0.39 is 0 Å². The number of amides is 2. The number of nitrogens with zero attached hydrogens (tertiary/aromatic N) is 1. The van der Waals surface area contributed by atoms with Crippen LogP contribution in [0.3, 0.4) is 0 Å². The van der Waals surface area contributed by atoms with E-state index >= 15 is 0 Å². The molecule has 0 aliphatic rings. The van der Waals surface area contributed by atoms with Gasteiger partial charge in [-0.15, -0.1) is 0 Å². The zero-order valence-corrected chi connectivity index (χ0v) is 14.2. The van der Waals surface area contributed by atoms with Crippen LogP contribution in [-0.4, -0.2) is 29.8 Å². The number of nitrogens with one attached hydrogen (secondary N) is 1. The van der Waals surface area contributed by atoms with Crippen molar-refractivity contribution in [1.82, 2.24) is 4.90 Å². The quantitative estimate of drug-likeness (QED) is 0.800. The largest absolute Gasteiger partial charge is 0.342 e. The average Bonchev–Trinajstić information content (AvgIpc) is 2.51. The highest BCUT2D eigenvalue weighted by molar-refractivity contribution is 5.92. The zero-order chi connectivity index (χ0) is 16.5. The molecular formula is C18H28N2O2. The summed E-state index contributed by atoms with van der Waals surface area (Å²) in [5, 5.41) is 3.04. The van der Waals surface area contributed by atoms with E-state index in [0.717, 1.165) is 36.1 Å². The first-order chi connectivity index (χ1) is 10.5. The molecule has 1 rings (SSSR count). The van der Waals surface area contributed by atoms with Gasteiger partial charge in [0.25, 0.3) is 0 Å². The Kier molecular flexibility index (Phi) is 7.64. The molecule has 0 aromatic heterocycles. The van der Waals surface area contributed by atoms with Crippen molar-refractivity contribution in [1.29, 1.82) is 0 Å². The second-order valence-electron chi connectivity index (χ2n) is 5.46. The number of aryl methyl sites for hydroxylation is 2. The van der Waals surface area contributed by atoms with E-state index in [1.807, 2.05) is 25.1 Å². The van der Waals surface area contributed by atoms with Gasteiger partial charge in [0, 0.05) is 32.1 Å². The lowest BCUT2D eigenvalue weighted by atomic mass is 10.0. The minimum atomic E-state index is -0.0297. The van der Waals surface area contributed by atoms with Gasteiger partial charge in [0.05, 0.1) is 0 Å². The molecule has 0 aliphatic heterocycles. The van der Waals surface area contributed by atoms with Crippen LogP contribution in [0.25, 0.3) is 0 Å². The lowest BCUT2D eigenvalue weighted by Crippen LogP contribution is -2.32. The highest BCUT2D eigenvalue weighted by Gasteiger charge is 2.13. The number of rotatable bonds is 8. The topological polar surface area (TPSA) is 49.4 Å². The molecule has 1 N–H and O–H groups in total. The molecule has 0 aliphatic carbocycles. The molecule has 1 aromatic rings. The Hall–Kier alpha value is -1.84. The Balaban J connectivity index is 2.71. The highest BCUT2D eigenvalue weighted by Crippen LogP contribution is 2.22. The van der Waals surface area contributed by atoms with Crippen LogP contribution in [0.2, 0.25) is 0 Å². The molecule has 0 heterocycles. The van der Waals surface area contributed by atoms with Gasteiger partial charge in [-0.2, -0.15) is 0 Å². The molecule has 0 bridgehead atoms. The van der Waals surface area contributed by atoms with Crippen molar-refractivity contribution < 1.29 is 9.59 Å². The summed E-state index contributed by atoms with van der Waals surface area (Å²) in [5.74, 6) is -0.00388. The zero-order valence-electron chi connectivity index (χ0n) is 14.2. The normalized spacial score (nSPS) is 10.4. The fourth-order valence-electron chi connectivity index (χ4n) is 2.54. The van der Waals surface area contributed by atoms with Gasteiger partial charge in [-0.1, -0.05) is 39.0 Å². The number of carbonyl (C=O) groups excluding carboxylic acids is 2. The van der Waals surface area contributed by atoms with Crippen molar-refractivity contribution in [2.75, 3.05) is 18.4 Å². The van der Waals surface area contributed by atoms with E-state index in [0.29, 0.717) is 19.5 Å². The van der Waals surface area contributed by atoms with Gasteiger partial charge in [-0.3, -0.25) is 9.59 Å². The van der Waals surface area contributed by atoms with Crippen LogP contribution < -0.4 is 5.32 Å². The SMILES string of the molecule is CCCN(CCC(=O)Nc1c(CC)cccc1CC)C(C)=O. The molecule has 0 fully saturated rings. The molecule has 22 heavy (non-hydrogen) atoms. The van der Waals surface area contributed by atoms with Crippen LogP contribution in [0.1, 0.15) is 51.7 Å². The molecule has 0 radical (unpaired) electrons. The number of para-hydroxylation sites is 1. The first-order valence-corrected chi connectivity index (χ1v) is 8.19. The average molecular weight is 304 g/mol. The summed E-state index contributed by atoms with van der Waals surface area (Å²) in [7, 11) is 0. The molecule has 122 valence electrons. The first kappa shape index (κ1) is 18.2. The Labute approximate surface area is 133 Å². The van der Waals surface area contributed by atoms with Crippen LogP contribution >= 0.6 is 0 Å². The smallest absolute Gasteiger partial charge is 0.226 e. The Bertz CT molecular complexity index is 490. The van der Waals surface area contributed by atoms with Gasteiger partial charge in [-0.05, 0) is 30.4 Å². The monoisotopic (exact) mass is 304 g/mol. The predicted molar refractivity (Wildman–Crippen MR) is 91.0 cm³/mol. The molecule has 0 saturated carbocycles. The molecule has 0 unspecified atom stereocenters. The van der Waals surface area contributed by atoms with Crippen molar-refractivity contribution in [3.05, 3.63) is 29.3 Å². The van der Waals surface area contributed by atoms with Crippen LogP contribution in [0.4, 0.5) is 5.69 Å². The van der Waals surface area contributed by atoms with E-state index in [1.54, 1.807) is 11.8 Å². The summed E-state index contributed by atoms with van der Waals surface area (Å²) in [5.41, 5.74) is 3.26. The fraction of sp³-hybridized carbons (Fsp3) is 0.556. The van der Waals surface area contributed by atoms with Gasteiger partial charge in [0.2, 0.25) is 11.8 Å². The van der Waals surface area contributed by atoms with Crippen LogP contribution in [0.5, 0.6) is 0 Å². The van der Waals surface area contributed by atoms with E-state index in [1.165, 1.54) is 0 Å². The van der Waals surface area contributed by atoms with E-state index in [4.69, 9.17) is 0 Å². The highest BCUT2D eigenvalue weighted by atomic mass is 16.2. The van der Waals surface area contributed by atoms with Gasteiger partial charge < -0.3 is 10.2 Å². The third-order valence-electron chi connectivity index (χ3n) is 3.81. The van der Waals surface area contributed by atoms with E-state index in [-0.39, 0.29) is 11.8 Å². The summed E-state index contributed by atoms with van der Waals surface area (Å²) in [4.78, 5) is 25.5. The van der Waals surface area contributed by atoms with Crippen molar-refractivity contribution in [2.45, 2.75) is 53.4 Å². The maximum absolute atomic E-state index is 12.2. The Morgan fingerprint density at radius 3 is 2.09 bits per heavy atom. The van der Waals surface area contributed by atoms with Crippen molar-refractivity contribution in [2.24, 2.45) is 0 Å². The van der Waals surface area contributed by atoms with Crippen molar-refractivity contribution in [3.63, 3.8) is 0 Å². The second-order valence-corrected chi connectivity index (χ2v) is 5.46. The second kappa shape index (κ2) is 9.23.